The van der Waals surface area contributed by atoms with Gasteiger partial charge in [0.15, 0.2) is 11.5 Å². The lowest BCUT2D eigenvalue weighted by atomic mass is 9.94. The first-order chi connectivity index (χ1) is 18.3. The maximum absolute atomic E-state index is 13.5. The Morgan fingerprint density at radius 3 is 2.29 bits per heavy atom. The van der Waals surface area contributed by atoms with Crippen molar-refractivity contribution >= 4 is 28.8 Å². The van der Waals surface area contributed by atoms with Crippen molar-refractivity contribution in [3.8, 4) is 23.0 Å². The number of hydrogen-bond acceptors (Lipinski definition) is 8. The number of carbonyl (C=O) groups excluding carboxylic acids is 2. The third-order valence-electron chi connectivity index (χ3n) is 6.14. The summed E-state index contributed by atoms with van der Waals surface area (Å²) >= 11 is 1.48. The fraction of sp³-hybridized carbons (Fsp3) is 0.310. The average Bonchev–Trinajstić information content (AvgIpc) is 3.53. The molecule has 0 bridgehead atoms. The van der Waals surface area contributed by atoms with E-state index in [1.54, 1.807) is 36.4 Å². The van der Waals surface area contributed by atoms with E-state index in [4.69, 9.17) is 18.9 Å². The predicted octanol–water partition coefficient (Wildman–Crippen LogP) is 5.43. The summed E-state index contributed by atoms with van der Waals surface area (Å²) in [6, 6.07) is 13.1. The minimum Gasteiger partial charge on any atom is -0.507 e. The molecule has 9 heteroatoms. The fourth-order valence-corrected chi connectivity index (χ4v) is 5.07. The average molecular weight is 538 g/mol. The highest BCUT2D eigenvalue weighted by atomic mass is 32.1. The molecule has 3 aromatic rings. The topological polar surface area (TPSA) is 94.5 Å². The highest BCUT2D eigenvalue weighted by Gasteiger charge is 2.46. The molecule has 38 heavy (non-hydrogen) atoms. The standard InChI is InChI=1S/C29H31NO7S/c1-17(2)16-37-20-9-6-8-18(12-20)26(31)24-25(19-13-22(34-3)28(36-5)23(14-19)35-4)30(29(33)27(24)32)15-21-10-7-11-38-21/h6-14,17,25,31H,15-16H2,1-5H3/b26-24+. The van der Waals surface area contributed by atoms with E-state index in [-0.39, 0.29) is 17.9 Å². The van der Waals surface area contributed by atoms with Crippen LogP contribution in [0.2, 0.25) is 0 Å². The molecule has 1 aliphatic heterocycles. The van der Waals surface area contributed by atoms with Crippen molar-refractivity contribution in [3.05, 3.63) is 75.5 Å². The van der Waals surface area contributed by atoms with Gasteiger partial charge in [0.2, 0.25) is 5.75 Å². The number of amides is 1. The van der Waals surface area contributed by atoms with E-state index in [1.165, 1.54) is 37.6 Å². The molecule has 1 atom stereocenters. The number of ether oxygens (including phenoxy) is 4. The van der Waals surface area contributed by atoms with Gasteiger partial charge in [0, 0.05) is 10.4 Å². The van der Waals surface area contributed by atoms with Gasteiger partial charge >= 0.3 is 0 Å². The first kappa shape index (κ1) is 27.1. The number of aliphatic hydroxyl groups excluding tert-OH is 1. The summed E-state index contributed by atoms with van der Waals surface area (Å²) in [5.74, 6) is 0.224. The van der Waals surface area contributed by atoms with E-state index < -0.39 is 17.7 Å². The first-order valence-corrected chi connectivity index (χ1v) is 13.0. The van der Waals surface area contributed by atoms with Crippen molar-refractivity contribution in [2.75, 3.05) is 27.9 Å². The molecule has 0 saturated carbocycles. The van der Waals surface area contributed by atoms with Gasteiger partial charge < -0.3 is 29.0 Å². The summed E-state index contributed by atoms with van der Waals surface area (Å²) in [6.45, 7) is 4.77. The molecule has 1 unspecified atom stereocenters. The Morgan fingerprint density at radius 1 is 1.00 bits per heavy atom. The van der Waals surface area contributed by atoms with Crippen LogP contribution < -0.4 is 18.9 Å². The van der Waals surface area contributed by atoms with Crippen molar-refractivity contribution < 1.29 is 33.6 Å². The van der Waals surface area contributed by atoms with Crippen molar-refractivity contribution in [1.29, 1.82) is 0 Å². The van der Waals surface area contributed by atoms with Gasteiger partial charge in [0.1, 0.15) is 11.5 Å². The number of aliphatic hydroxyl groups is 1. The lowest BCUT2D eigenvalue weighted by Crippen LogP contribution is -2.29. The van der Waals surface area contributed by atoms with Gasteiger partial charge in [-0.3, -0.25) is 9.59 Å². The second-order valence-corrected chi connectivity index (χ2v) is 10.2. The van der Waals surface area contributed by atoms with E-state index in [9.17, 15) is 14.7 Å². The van der Waals surface area contributed by atoms with E-state index >= 15 is 0 Å². The zero-order valence-corrected chi connectivity index (χ0v) is 22.8. The number of thiophene rings is 1. The minimum absolute atomic E-state index is 0.0261. The number of nitrogens with zero attached hydrogens (tertiary/aromatic N) is 1. The van der Waals surface area contributed by atoms with Crippen molar-refractivity contribution in [2.24, 2.45) is 5.92 Å². The Bertz CT molecular complexity index is 1320. The number of benzene rings is 2. The van der Waals surface area contributed by atoms with Crippen LogP contribution in [0.15, 0.2) is 59.5 Å². The second kappa shape index (κ2) is 11.6. The molecule has 2 aromatic carbocycles. The number of carbonyl (C=O) groups is 2. The van der Waals surface area contributed by atoms with E-state index in [0.29, 0.717) is 46.6 Å². The lowest BCUT2D eigenvalue weighted by Gasteiger charge is -2.26. The van der Waals surface area contributed by atoms with E-state index in [0.717, 1.165) is 4.88 Å². The van der Waals surface area contributed by atoms with Crippen LogP contribution in [0.5, 0.6) is 23.0 Å². The molecule has 1 N–H and O–H groups in total. The highest BCUT2D eigenvalue weighted by Crippen LogP contribution is 2.46. The van der Waals surface area contributed by atoms with Gasteiger partial charge in [0.05, 0.1) is 46.1 Å². The first-order valence-electron chi connectivity index (χ1n) is 12.1. The molecule has 1 aliphatic rings. The van der Waals surface area contributed by atoms with Crippen LogP contribution in [0.4, 0.5) is 0 Å². The number of rotatable bonds is 10. The zero-order chi connectivity index (χ0) is 27.4. The minimum atomic E-state index is -0.897. The second-order valence-electron chi connectivity index (χ2n) is 9.20. The normalized spacial score (nSPS) is 16.7. The van der Waals surface area contributed by atoms with Crippen LogP contribution in [-0.4, -0.2) is 49.6 Å². The Kier molecular flexibility index (Phi) is 8.26. The summed E-state index contributed by atoms with van der Waals surface area (Å²) in [5, 5.41) is 13.4. The van der Waals surface area contributed by atoms with Crippen LogP contribution in [0, 0.1) is 5.92 Å². The lowest BCUT2D eigenvalue weighted by molar-refractivity contribution is -0.140. The van der Waals surface area contributed by atoms with Crippen LogP contribution in [0.1, 0.15) is 35.9 Å². The number of Topliss-reactive ketones (excluding diaryl/α,β-unsaturated/α-hetero) is 1. The van der Waals surface area contributed by atoms with Crippen molar-refractivity contribution in [1.82, 2.24) is 4.90 Å². The van der Waals surface area contributed by atoms with Gasteiger partial charge in [-0.1, -0.05) is 32.0 Å². The summed E-state index contributed by atoms with van der Waals surface area (Å²) in [4.78, 5) is 29.2. The molecule has 200 valence electrons. The van der Waals surface area contributed by atoms with E-state index in [1.807, 2.05) is 31.4 Å². The Morgan fingerprint density at radius 2 is 1.71 bits per heavy atom. The van der Waals surface area contributed by atoms with Gasteiger partial charge in [-0.15, -0.1) is 11.3 Å². The predicted molar refractivity (Wildman–Crippen MR) is 145 cm³/mol. The van der Waals surface area contributed by atoms with Gasteiger partial charge in [-0.2, -0.15) is 0 Å². The SMILES string of the molecule is COc1cc(C2/C(=C(\O)c3cccc(OCC(C)C)c3)C(=O)C(=O)N2Cc2cccs2)cc(OC)c1OC. The largest absolute Gasteiger partial charge is 0.507 e. The molecule has 4 rings (SSSR count). The zero-order valence-electron chi connectivity index (χ0n) is 22.0. The Balaban J connectivity index is 1.89. The van der Waals surface area contributed by atoms with E-state index in [2.05, 4.69) is 0 Å². The van der Waals surface area contributed by atoms with Gasteiger partial charge in [-0.25, -0.2) is 0 Å². The maximum atomic E-state index is 13.5. The number of methoxy groups -OCH3 is 3. The van der Waals surface area contributed by atoms with Crippen molar-refractivity contribution in [2.45, 2.75) is 26.4 Å². The quantitative estimate of drug-likeness (QED) is 0.209. The fourth-order valence-electron chi connectivity index (χ4n) is 4.37. The van der Waals surface area contributed by atoms with Crippen LogP contribution in [0.25, 0.3) is 5.76 Å². The molecule has 0 aliphatic carbocycles. The molecule has 1 amide bonds. The van der Waals surface area contributed by atoms with Crippen LogP contribution in [0.3, 0.4) is 0 Å². The summed E-state index contributed by atoms with van der Waals surface area (Å²) in [5.41, 5.74) is 0.878. The number of hydrogen-bond donors (Lipinski definition) is 1. The van der Waals surface area contributed by atoms with Gasteiger partial charge in [-0.05, 0) is 47.2 Å². The Labute approximate surface area is 226 Å². The summed E-state index contributed by atoms with van der Waals surface area (Å²) in [6.07, 6.45) is 0. The summed E-state index contributed by atoms with van der Waals surface area (Å²) < 4.78 is 22.3. The third-order valence-corrected chi connectivity index (χ3v) is 7.00. The highest BCUT2D eigenvalue weighted by molar-refractivity contribution is 7.09. The molecule has 1 aromatic heterocycles. The molecular weight excluding hydrogens is 506 g/mol. The monoisotopic (exact) mass is 537 g/mol. The van der Waals surface area contributed by atoms with Gasteiger partial charge in [0.25, 0.3) is 11.7 Å². The molecule has 1 fully saturated rings. The third kappa shape index (κ3) is 5.33. The molecule has 1 saturated heterocycles. The summed E-state index contributed by atoms with van der Waals surface area (Å²) in [7, 11) is 4.48. The maximum Gasteiger partial charge on any atom is 0.295 e. The smallest absolute Gasteiger partial charge is 0.295 e. The van der Waals surface area contributed by atoms with Crippen LogP contribution in [-0.2, 0) is 16.1 Å². The molecular formula is C29H31NO7S. The molecule has 2 heterocycles. The number of likely N-dealkylation sites (tertiary alicyclic amines) is 1. The van der Waals surface area contributed by atoms with Crippen LogP contribution >= 0.6 is 11.3 Å². The van der Waals surface area contributed by atoms with Crippen molar-refractivity contribution in [3.63, 3.8) is 0 Å². The Hall–Kier alpha value is -3.98. The number of ketones is 1. The molecule has 8 nitrogen and oxygen atoms in total. The molecule has 0 spiro atoms. The molecule has 0 radical (unpaired) electrons.